The maximum atomic E-state index is 12.7. The number of benzene rings is 1. The summed E-state index contributed by atoms with van der Waals surface area (Å²) in [5, 5.41) is 0. The van der Waals surface area contributed by atoms with Crippen molar-refractivity contribution >= 4 is 5.91 Å². The van der Waals surface area contributed by atoms with Crippen LogP contribution >= 0.6 is 0 Å². The van der Waals surface area contributed by atoms with Gasteiger partial charge in [-0.1, -0.05) is 6.07 Å². The Balaban J connectivity index is 2.26. The first-order valence-electron chi connectivity index (χ1n) is 7.54. The van der Waals surface area contributed by atoms with Crippen molar-refractivity contribution in [2.24, 2.45) is 0 Å². The summed E-state index contributed by atoms with van der Waals surface area (Å²) in [5.74, 6) is -0.0781. The Bertz CT molecular complexity index is 697. The summed E-state index contributed by atoms with van der Waals surface area (Å²) in [6, 6.07) is 6.69. The SMILES string of the molecule is Cc1cc(C(=O)N(C)C(C)c2cccnc2)cc(C)c1OC(F)F. The Morgan fingerprint density at radius 1 is 1.25 bits per heavy atom. The van der Waals surface area contributed by atoms with Crippen LogP contribution in [0.1, 0.15) is 40.0 Å². The molecule has 1 atom stereocenters. The Morgan fingerprint density at radius 2 is 1.88 bits per heavy atom. The molecule has 0 saturated heterocycles. The number of nitrogens with zero attached hydrogens (tertiary/aromatic N) is 2. The van der Waals surface area contributed by atoms with Gasteiger partial charge in [-0.05, 0) is 55.7 Å². The molecule has 24 heavy (non-hydrogen) atoms. The summed E-state index contributed by atoms with van der Waals surface area (Å²) in [6.45, 7) is 2.30. The van der Waals surface area contributed by atoms with Crippen LogP contribution in [0.25, 0.3) is 0 Å². The standard InChI is InChI=1S/C18H20F2N2O2/c1-11-8-15(9-12(2)16(11)24-18(19)20)17(23)22(4)13(3)14-6-5-7-21-10-14/h5-10,13,18H,1-4H3. The van der Waals surface area contributed by atoms with Gasteiger partial charge in [0.05, 0.1) is 6.04 Å². The van der Waals surface area contributed by atoms with E-state index in [0.29, 0.717) is 16.7 Å². The van der Waals surface area contributed by atoms with Gasteiger partial charge in [-0.25, -0.2) is 0 Å². The minimum absolute atomic E-state index is 0.115. The van der Waals surface area contributed by atoms with Gasteiger partial charge in [0.1, 0.15) is 5.75 Å². The van der Waals surface area contributed by atoms with Gasteiger partial charge in [0.15, 0.2) is 0 Å². The van der Waals surface area contributed by atoms with Gasteiger partial charge in [-0.15, -0.1) is 0 Å². The molecule has 1 heterocycles. The normalized spacial score (nSPS) is 12.1. The third kappa shape index (κ3) is 3.88. The highest BCUT2D eigenvalue weighted by molar-refractivity contribution is 5.95. The second kappa shape index (κ2) is 7.38. The van der Waals surface area contributed by atoms with E-state index in [-0.39, 0.29) is 17.7 Å². The smallest absolute Gasteiger partial charge is 0.387 e. The highest BCUT2D eigenvalue weighted by atomic mass is 19.3. The molecule has 0 aliphatic heterocycles. The van der Waals surface area contributed by atoms with E-state index >= 15 is 0 Å². The van der Waals surface area contributed by atoms with Gasteiger partial charge in [-0.3, -0.25) is 9.78 Å². The van der Waals surface area contributed by atoms with Gasteiger partial charge in [0.25, 0.3) is 5.91 Å². The molecular weight excluding hydrogens is 314 g/mol. The van der Waals surface area contributed by atoms with Crippen molar-refractivity contribution in [3.63, 3.8) is 0 Å². The van der Waals surface area contributed by atoms with E-state index in [2.05, 4.69) is 9.72 Å². The number of halogens is 2. The molecule has 0 fully saturated rings. The summed E-state index contributed by atoms with van der Waals surface area (Å²) in [6.07, 6.45) is 3.39. The molecule has 0 aliphatic carbocycles. The number of ether oxygens (including phenoxy) is 1. The Morgan fingerprint density at radius 3 is 2.38 bits per heavy atom. The Kier molecular flexibility index (Phi) is 5.49. The molecule has 0 saturated carbocycles. The molecular formula is C18H20F2N2O2. The summed E-state index contributed by atoms with van der Waals surface area (Å²) < 4.78 is 29.4. The lowest BCUT2D eigenvalue weighted by molar-refractivity contribution is -0.0507. The van der Waals surface area contributed by atoms with Crippen molar-refractivity contribution < 1.29 is 18.3 Å². The van der Waals surface area contributed by atoms with Crippen LogP contribution < -0.4 is 4.74 Å². The summed E-state index contributed by atoms with van der Waals surface area (Å²) in [5.41, 5.74) is 2.35. The van der Waals surface area contributed by atoms with Gasteiger partial charge >= 0.3 is 6.61 Å². The van der Waals surface area contributed by atoms with Crippen molar-refractivity contribution in [2.45, 2.75) is 33.4 Å². The van der Waals surface area contributed by atoms with Crippen LogP contribution in [-0.2, 0) is 0 Å². The lowest BCUT2D eigenvalue weighted by Crippen LogP contribution is -2.29. The summed E-state index contributed by atoms with van der Waals surface area (Å²) in [4.78, 5) is 18.4. The van der Waals surface area contributed by atoms with Crippen molar-refractivity contribution in [3.8, 4) is 5.75 Å². The van der Waals surface area contributed by atoms with E-state index in [9.17, 15) is 13.6 Å². The van der Waals surface area contributed by atoms with E-state index < -0.39 is 6.61 Å². The van der Waals surface area contributed by atoms with Gasteiger partial charge in [0.2, 0.25) is 0 Å². The van der Waals surface area contributed by atoms with Crippen LogP contribution in [-0.4, -0.2) is 29.5 Å². The lowest BCUT2D eigenvalue weighted by atomic mass is 10.0. The summed E-state index contributed by atoms with van der Waals surface area (Å²) >= 11 is 0. The second-order valence-corrected chi connectivity index (χ2v) is 5.70. The number of rotatable bonds is 5. The molecule has 128 valence electrons. The van der Waals surface area contributed by atoms with E-state index in [1.54, 1.807) is 50.3 Å². The first-order chi connectivity index (χ1) is 11.3. The van der Waals surface area contributed by atoms with E-state index in [0.717, 1.165) is 5.56 Å². The van der Waals surface area contributed by atoms with Crippen molar-refractivity contribution in [2.75, 3.05) is 7.05 Å². The zero-order chi connectivity index (χ0) is 17.9. The number of hydrogen-bond donors (Lipinski definition) is 0. The molecule has 1 unspecified atom stereocenters. The fourth-order valence-electron chi connectivity index (χ4n) is 2.57. The third-order valence-electron chi connectivity index (χ3n) is 3.98. The summed E-state index contributed by atoms with van der Waals surface area (Å²) in [7, 11) is 1.70. The number of carbonyl (C=O) groups is 1. The molecule has 6 heteroatoms. The second-order valence-electron chi connectivity index (χ2n) is 5.70. The quantitative estimate of drug-likeness (QED) is 0.825. The first kappa shape index (κ1) is 17.8. The molecule has 0 spiro atoms. The minimum Gasteiger partial charge on any atom is -0.434 e. The molecule has 0 N–H and O–H groups in total. The molecule has 1 amide bonds. The first-order valence-corrected chi connectivity index (χ1v) is 7.54. The molecule has 2 aromatic rings. The van der Waals surface area contributed by atoms with Crippen LogP contribution in [0, 0.1) is 13.8 Å². The predicted octanol–water partition coefficient (Wildman–Crippen LogP) is 4.13. The van der Waals surface area contributed by atoms with Crippen LogP contribution in [0.3, 0.4) is 0 Å². The Labute approximate surface area is 140 Å². The van der Waals surface area contributed by atoms with E-state index in [1.165, 1.54) is 0 Å². The number of amides is 1. The fraction of sp³-hybridized carbons (Fsp3) is 0.333. The van der Waals surface area contributed by atoms with Crippen LogP contribution in [0.5, 0.6) is 5.75 Å². The molecule has 0 radical (unpaired) electrons. The van der Waals surface area contributed by atoms with Gasteiger partial charge in [0, 0.05) is 25.0 Å². The molecule has 1 aromatic carbocycles. The monoisotopic (exact) mass is 334 g/mol. The number of aromatic nitrogens is 1. The molecule has 4 nitrogen and oxygen atoms in total. The molecule has 0 aliphatic rings. The highest BCUT2D eigenvalue weighted by Gasteiger charge is 2.21. The highest BCUT2D eigenvalue weighted by Crippen LogP contribution is 2.28. The van der Waals surface area contributed by atoms with E-state index in [4.69, 9.17) is 0 Å². The largest absolute Gasteiger partial charge is 0.434 e. The van der Waals surface area contributed by atoms with Crippen LogP contribution in [0.4, 0.5) is 8.78 Å². The Hall–Kier alpha value is -2.50. The number of aryl methyl sites for hydroxylation is 2. The van der Waals surface area contributed by atoms with Crippen LogP contribution in [0.2, 0.25) is 0 Å². The lowest BCUT2D eigenvalue weighted by Gasteiger charge is -2.25. The van der Waals surface area contributed by atoms with E-state index in [1.807, 2.05) is 19.1 Å². The fourth-order valence-corrected chi connectivity index (χ4v) is 2.57. The number of carbonyl (C=O) groups excluding carboxylic acids is 1. The minimum atomic E-state index is -2.89. The van der Waals surface area contributed by atoms with Gasteiger partial charge in [-0.2, -0.15) is 8.78 Å². The number of pyridine rings is 1. The van der Waals surface area contributed by atoms with Crippen molar-refractivity contribution in [3.05, 3.63) is 58.9 Å². The number of hydrogen-bond acceptors (Lipinski definition) is 3. The maximum absolute atomic E-state index is 12.7. The molecule has 2 rings (SSSR count). The predicted molar refractivity (Wildman–Crippen MR) is 87.3 cm³/mol. The van der Waals surface area contributed by atoms with Crippen molar-refractivity contribution in [1.29, 1.82) is 0 Å². The topological polar surface area (TPSA) is 42.4 Å². The zero-order valence-corrected chi connectivity index (χ0v) is 14.1. The maximum Gasteiger partial charge on any atom is 0.387 e. The average Bonchev–Trinajstić information content (AvgIpc) is 2.56. The van der Waals surface area contributed by atoms with Crippen LogP contribution in [0.15, 0.2) is 36.7 Å². The molecule has 1 aromatic heterocycles. The molecule has 0 bridgehead atoms. The van der Waals surface area contributed by atoms with Gasteiger partial charge < -0.3 is 9.64 Å². The number of alkyl halides is 2. The zero-order valence-electron chi connectivity index (χ0n) is 14.1. The van der Waals surface area contributed by atoms with Crippen molar-refractivity contribution in [1.82, 2.24) is 9.88 Å². The average molecular weight is 334 g/mol. The third-order valence-corrected chi connectivity index (χ3v) is 3.98.